The van der Waals surface area contributed by atoms with E-state index < -0.39 is 33.2 Å². The Balaban J connectivity index is 1.77. The maximum Gasteiger partial charge on any atom is 0.573 e. The van der Waals surface area contributed by atoms with Crippen LogP contribution in [0.4, 0.5) is 36.2 Å². The minimum absolute atomic E-state index is 0.00784. The molecule has 0 spiro atoms. The average molecular weight is 543 g/mol. The zero-order chi connectivity index (χ0) is 27.1. The molecule has 0 aliphatic carbocycles. The summed E-state index contributed by atoms with van der Waals surface area (Å²) in [5, 5.41) is 2.03. The van der Waals surface area contributed by atoms with Crippen LogP contribution in [0, 0.1) is 0 Å². The fourth-order valence-corrected chi connectivity index (χ4v) is 5.61. The molecule has 4 rings (SSSR count). The normalized spacial score (nSPS) is 19.2. The van der Waals surface area contributed by atoms with Crippen molar-refractivity contribution < 1.29 is 35.9 Å². The summed E-state index contributed by atoms with van der Waals surface area (Å²) in [5.74, 6) is -0.0433. The number of hydrogen-bond donors (Lipinski definition) is 1. The standard InChI is InChI=1S/C24H29F3N4O5S/c1-14(2)37(33,34)17-5-7-20(36-24(25,26)27)18(13-17)28-21-8-6-19-22(29-21)31(15(3)23(32)30(19)4)16-9-11-35-12-10-16/h5-8,13-16H,9-12H2,1-4H3,(H,28,29)/t15-/m1/s1. The topological polar surface area (TPSA) is 101 Å². The number of pyridine rings is 1. The molecule has 0 bridgehead atoms. The predicted octanol–water partition coefficient (Wildman–Crippen LogP) is 4.26. The molecular formula is C24H29F3N4O5S. The SMILES string of the molecule is CC(C)S(=O)(=O)c1ccc(OC(F)(F)F)c(Nc2ccc3c(n2)N(C2CCOCC2)[C@H](C)C(=O)N3C)c1. The van der Waals surface area contributed by atoms with Crippen molar-refractivity contribution >= 4 is 38.8 Å². The number of halogens is 3. The molecule has 2 aliphatic rings. The second-order valence-corrected chi connectivity index (χ2v) is 11.8. The zero-order valence-corrected chi connectivity index (χ0v) is 21.7. The molecule has 9 nitrogen and oxygen atoms in total. The van der Waals surface area contributed by atoms with Gasteiger partial charge in [-0.2, -0.15) is 0 Å². The number of carbonyl (C=O) groups excluding carboxylic acids is 1. The Kier molecular flexibility index (Phi) is 7.30. The van der Waals surface area contributed by atoms with E-state index in [2.05, 4.69) is 15.0 Å². The van der Waals surface area contributed by atoms with Gasteiger partial charge in [-0.15, -0.1) is 13.2 Å². The fourth-order valence-electron chi connectivity index (χ4n) is 4.52. The second kappa shape index (κ2) is 10.0. The number of alkyl halides is 3. The first-order valence-electron chi connectivity index (χ1n) is 11.8. The Morgan fingerprint density at radius 2 is 1.84 bits per heavy atom. The molecule has 1 N–H and O–H groups in total. The number of anilines is 4. The van der Waals surface area contributed by atoms with Crippen LogP contribution in [0.15, 0.2) is 35.2 Å². The molecule has 202 valence electrons. The van der Waals surface area contributed by atoms with Crippen LogP contribution in [0.25, 0.3) is 0 Å². The lowest BCUT2D eigenvalue weighted by atomic mass is 10.0. The summed E-state index contributed by atoms with van der Waals surface area (Å²) >= 11 is 0. The maximum absolute atomic E-state index is 13.1. The van der Waals surface area contributed by atoms with Crippen molar-refractivity contribution in [3.63, 3.8) is 0 Å². The lowest BCUT2D eigenvalue weighted by Gasteiger charge is -2.44. The summed E-state index contributed by atoms with van der Waals surface area (Å²) in [4.78, 5) is 20.8. The molecule has 0 radical (unpaired) electrons. The van der Waals surface area contributed by atoms with Gasteiger partial charge in [0.1, 0.15) is 11.9 Å². The monoisotopic (exact) mass is 542 g/mol. The minimum atomic E-state index is -4.99. The number of hydrogen-bond acceptors (Lipinski definition) is 8. The molecule has 0 saturated carbocycles. The lowest BCUT2D eigenvalue weighted by Crippen LogP contribution is -2.56. The Bertz CT molecular complexity index is 1280. The van der Waals surface area contributed by atoms with Gasteiger partial charge in [0.05, 0.1) is 21.5 Å². The maximum atomic E-state index is 13.1. The van der Waals surface area contributed by atoms with Crippen molar-refractivity contribution in [3.05, 3.63) is 30.3 Å². The van der Waals surface area contributed by atoms with E-state index in [0.717, 1.165) is 18.2 Å². The quantitative estimate of drug-likeness (QED) is 0.578. The molecule has 1 fully saturated rings. The van der Waals surface area contributed by atoms with Crippen molar-refractivity contribution in [3.8, 4) is 5.75 Å². The Hall–Kier alpha value is -3.06. The molecule has 3 heterocycles. The van der Waals surface area contributed by atoms with Crippen LogP contribution in [0.3, 0.4) is 0 Å². The first kappa shape index (κ1) is 27.0. The first-order chi connectivity index (χ1) is 17.3. The summed E-state index contributed by atoms with van der Waals surface area (Å²) in [6.45, 7) is 5.84. The number of nitrogens with one attached hydrogen (secondary N) is 1. The largest absolute Gasteiger partial charge is 0.573 e. The van der Waals surface area contributed by atoms with Gasteiger partial charge < -0.3 is 24.6 Å². The third-order valence-corrected chi connectivity index (χ3v) is 8.69. The van der Waals surface area contributed by atoms with Gasteiger partial charge in [0.2, 0.25) is 5.91 Å². The number of carbonyl (C=O) groups is 1. The number of likely N-dealkylation sites (N-methyl/N-ethyl adjacent to an activating group) is 1. The molecular weight excluding hydrogens is 513 g/mol. The molecule has 1 amide bonds. The van der Waals surface area contributed by atoms with Crippen molar-refractivity contribution in [1.29, 1.82) is 0 Å². The average Bonchev–Trinajstić information content (AvgIpc) is 2.83. The molecule has 37 heavy (non-hydrogen) atoms. The third-order valence-electron chi connectivity index (χ3n) is 6.54. The van der Waals surface area contributed by atoms with E-state index in [9.17, 15) is 26.4 Å². The highest BCUT2D eigenvalue weighted by Gasteiger charge is 2.39. The van der Waals surface area contributed by atoms with Gasteiger partial charge in [-0.25, -0.2) is 13.4 Å². The van der Waals surface area contributed by atoms with E-state index in [4.69, 9.17) is 4.74 Å². The predicted molar refractivity (Wildman–Crippen MR) is 132 cm³/mol. The zero-order valence-electron chi connectivity index (χ0n) is 20.9. The summed E-state index contributed by atoms with van der Waals surface area (Å²) in [5.41, 5.74) is 0.348. The molecule has 1 aromatic heterocycles. The fraction of sp³-hybridized carbons (Fsp3) is 0.500. The van der Waals surface area contributed by atoms with E-state index in [1.807, 2.05) is 4.90 Å². The Labute approximate surface area is 213 Å². The molecule has 1 atom stereocenters. The van der Waals surface area contributed by atoms with Gasteiger partial charge in [0.25, 0.3) is 0 Å². The number of sulfone groups is 1. The van der Waals surface area contributed by atoms with Gasteiger partial charge in [0.15, 0.2) is 21.4 Å². The van der Waals surface area contributed by atoms with Gasteiger partial charge in [-0.05, 0) is 63.9 Å². The first-order valence-corrected chi connectivity index (χ1v) is 13.4. The van der Waals surface area contributed by atoms with Crippen LogP contribution in [0.5, 0.6) is 5.75 Å². The van der Waals surface area contributed by atoms with Crippen LogP contribution in [-0.4, -0.2) is 63.3 Å². The Morgan fingerprint density at radius 1 is 1.16 bits per heavy atom. The smallest absolute Gasteiger partial charge is 0.404 e. The van der Waals surface area contributed by atoms with E-state index >= 15 is 0 Å². The molecule has 1 saturated heterocycles. The number of fused-ring (bicyclic) bond motifs is 1. The number of amides is 1. The van der Waals surface area contributed by atoms with Crippen molar-refractivity contribution in [2.75, 3.05) is 35.4 Å². The van der Waals surface area contributed by atoms with Crippen LogP contribution in [0.2, 0.25) is 0 Å². The second-order valence-electron chi connectivity index (χ2n) is 9.29. The van der Waals surface area contributed by atoms with E-state index in [1.54, 1.807) is 20.0 Å². The molecule has 1 aromatic carbocycles. The number of nitrogens with zero attached hydrogens (tertiary/aromatic N) is 3. The van der Waals surface area contributed by atoms with Crippen molar-refractivity contribution in [1.82, 2.24) is 4.98 Å². The van der Waals surface area contributed by atoms with Crippen LogP contribution >= 0.6 is 0 Å². The molecule has 2 aromatic rings. The number of aromatic nitrogens is 1. The van der Waals surface area contributed by atoms with Gasteiger partial charge in [-0.1, -0.05) is 0 Å². The van der Waals surface area contributed by atoms with Crippen LogP contribution < -0.4 is 19.9 Å². The van der Waals surface area contributed by atoms with Crippen molar-refractivity contribution in [2.24, 2.45) is 0 Å². The summed E-state index contributed by atoms with van der Waals surface area (Å²) in [7, 11) is -2.13. The van der Waals surface area contributed by atoms with Gasteiger partial charge >= 0.3 is 6.36 Å². The van der Waals surface area contributed by atoms with Gasteiger partial charge in [0, 0.05) is 26.3 Å². The van der Waals surface area contributed by atoms with Crippen LogP contribution in [-0.2, 0) is 19.4 Å². The molecule has 2 aliphatic heterocycles. The number of ether oxygens (including phenoxy) is 2. The summed E-state index contributed by atoms with van der Waals surface area (Å²) in [6, 6.07) is 5.80. The van der Waals surface area contributed by atoms with Gasteiger partial charge in [-0.3, -0.25) is 4.79 Å². The van der Waals surface area contributed by atoms with E-state index in [0.29, 0.717) is 37.6 Å². The van der Waals surface area contributed by atoms with Crippen LogP contribution in [0.1, 0.15) is 33.6 Å². The van der Waals surface area contributed by atoms with E-state index in [-0.39, 0.29) is 28.3 Å². The Morgan fingerprint density at radius 3 is 2.46 bits per heavy atom. The highest BCUT2D eigenvalue weighted by Crippen LogP contribution is 2.40. The molecule has 13 heteroatoms. The van der Waals surface area contributed by atoms with E-state index in [1.165, 1.54) is 24.8 Å². The summed E-state index contributed by atoms with van der Waals surface area (Å²) in [6.07, 6.45) is -3.60. The molecule has 0 unspecified atom stereocenters. The third kappa shape index (κ3) is 5.47. The number of benzene rings is 1. The van der Waals surface area contributed by atoms with Crippen molar-refractivity contribution in [2.45, 2.75) is 62.2 Å². The number of rotatable bonds is 6. The highest BCUT2D eigenvalue weighted by molar-refractivity contribution is 7.92. The lowest BCUT2D eigenvalue weighted by molar-refractivity contribution is -0.274. The highest BCUT2D eigenvalue weighted by atomic mass is 32.2. The summed E-state index contributed by atoms with van der Waals surface area (Å²) < 4.78 is 74.2. The minimum Gasteiger partial charge on any atom is -0.404 e.